The molecule has 0 spiro atoms. The summed E-state index contributed by atoms with van der Waals surface area (Å²) in [5.41, 5.74) is 0. The van der Waals surface area contributed by atoms with Crippen molar-refractivity contribution in [3.05, 3.63) is 28.7 Å². The zero-order valence-corrected chi connectivity index (χ0v) is 14.0. The van der Waals surface area contributed by atoms with Gasteiger partial charge in [-0.25, -0.2) is 13.1 Å². The Morgan fingerprint density at radius 3 is 2.89 bits per heavy atom. The van der Waals surface area contributed by atoms with Gasteiger partial charge >= 0.3 is 0 Å². The molecular weight excluding hydrogens is 346 g/mol. The Bertz CT molecular complexity index is 533. The fraction of sp³-hybridized carbons (Fsp3) is 0.538. The Kier molecular flexibility index (Phi) is 5.34. The van der Waals surface area contributed by atoms with E-state index in [-0.39, 0.29) is 6.04 Å². The van der Waals surface area contributed by atoms with E-state index in [1.807, 2.05) is 17.8 Å². The van der Waals surface area contributed by atoms with Crippen LogP contribution in [0.2, 0.25) is 0 Å². The molecule has 19 heavy (non-hydrogen) atoms. The molecule has 2 unspecified atom stereocenters. The van der Waals surface area contributed by atoms with Crippen LogP contribution in [0.3, 0.4) is 0 Å². The zero-order valence-electron chi connectivity index (χ0n) is 10.8. The van der Waals surface area contributed by atoms with Gasteiger partial charge in [-0.3, -0.25) is 0 Å². The molecule has 106 valence electrons. The predicted molar refractivity (Wildman–Crippen MR) is 84.0 cm³/mol. The summed E-state index contributed by atoms with van der Waals surface area (Å²) in [6, 6.07) is 6.90. The minimum absolute atomic E-state index is 0.0638. The van der Waals surface area contributed by atoms with Crippen molar-refractivity contribution in [2.24, 2.45) is 0 Å². The molecule has 2 rings (SSSR count). The minimum Gasteiger partial charge on any atom is -0.207 e. The molecule has 0 radical (unpaired) electrons. The largest absolute Gasteiger partial charge is 0.240 e. The lowest BCUT2D eigenvalue weighted by Gasteiger charge is -2.20. The summed E-state index contributed by atoms with van der Waals surface area (Å²) in [5, 5.41) is 0.409. The van der Waals surface area contributed by atoms with E-state index in [0.29, 0.717) is 10.1 Å². The molecule has 1 aliphatic rings. The maximum Gasteiger partial charge on any atom is 0.240 e. The van der Waals surface area contributed by atoms with Crippen LogP contribution in [0.5, 0.6) is 0 Å². The molecule has 0 heterocycles. The summed E-state index contributed by atoms with van der Waals surface area (Å²) in [5.74, 6) is 1.03. The number of nitrogens with one attached hydrogen (secondary N) is 1. The lowest BCUT2D eigenvalue weighted by Crippen LogP contribution is -2.38. The summed E-state index contributed by atoms with van der Waals surface area (Å²) in [7, 11) is -3.41. The van der Waals surface area contributed by atoms with Crippen LogP contribution in [0.15, 0.2) is 33.6 Å². The summed E-state index contributed by atoms with van der Waals surface area (Å²) in [4.78, 5) is 0.328. The predicted octanol–water partition coefficient (Wildman–Crippen LogP) is 3.40. The normalized spacial score (nSPS) is 23.7. The van der Waals surface area contributed by atoms with Crippen molar-refractivity contribution >= 4 is 37.7 Å². The lowest BCUT2D eigenvalue weighted by atomic mass is 10.3. The molecule has 2 atom stereocenters. The molecule has 1 aliphatic carbocycles. The van der Waals surface area contributed by atoms with E-state index in [2.05, 4.69) is 27.6 Å². The first-order valence-electron chi connectivity index (χ1n) is 6.42. The van der Waals surface area contributed by atoms with Crippen LogP contribution in [-0.2, 0) is 10.0 Å². The number of sulfonamides is 1. The highest BCUT2D eigenvalue weighted by Crippen LogP contribution is 2.31. The SMILES string of the molecule is CCSC1CCCC1NS(=O)(=O)c1cccc(Br)c1. The van der Waals surface area contributed by atoms with Crippen LogP contribution in [0.1, 0.15) is 26.2 Å². The molecule has 6 heteroatoms. The van der Waals surface area contributed by atoms with Gasteiger partial charge in [-0.05, 0) is 36.8 Å². The van der Waals surface area contributed by atoms with Crippen LogP contribution >= 0.6 is 27.7 Å². The maximum atomic E-state index is 12.3. The Balaban J connectivity index is 2.13. The molecule has 0 aliphatic heterocycles. The van der Waals surface area contributed by atoms with Gasteiger partial charge in [-0.1, -0.05) is 35.3 Å². The van der Waals surface area contributed by atoms with Crippen molar-refractivity contribution in [3.8, 4) is 0 Å². The van der Waals surface area contributed by atoms with Gasteiger partial charge in [0.2, 0.25) is 10.0 Å². The van der Waals surface area contributed by atoms with E-state index < -0.39 is 10.0 Å². The monoisotopic (exact) mass is 363 g/mol. The topological polar surface area (TPSA) is 46.2 Å². The van der Waals surface area contributed by atoms with Crippen LogP contribution in [0, 0.1) is 0 Å². The summed E-state index contributed by atoms with van der Waals surface area (Å²) < 4.78 is 28.3. The van der Waals surface area contributed by atoms with Crippen molar-refractivity contribution < 1.29 is 8.42 Å². The number of rotatable bonds is 5. The minimum atomic E-state index is -3.41. The first-order valence-corrected chi connectivity index (χ1v) is 9.75. The molecule has 0 bridgehead atoms. The molecule has 1 fully saturated rings. The van der Waals surface area contributed by atoms with E-state index in [4.69, 9.17) is 0 Å². The van der Waals surface area contributed by atoms with Crippen molar-refractivity contribution in [3.63, 3.8) is 0 Å². The third-order valence-corrected chi connectivity index (χ3v) is 6.55. The summed E-state index contributed by atoms with van der Waals surface area (Å²) >= 11 is 5.16. The van der Waals surface area contributed by atoms with Crippen molar-refractivity contribution in [1.29, 1.82) is 0 Å². The fourth-order valence-corrected chi connectivity index (χ4v) is 5.57. The second-order valence-corrected chi connectivity index (χ2v) is 8.76. The molecular formula is C13H18BrNO2S2. The summed E-state index contributed by atoms with van der Waals surface area (Å²) in [6.07, 6.45) is 3.14. The van der Waals surface area contributed by atoms with Gasteiger partial charge in [0.1, 0.15) is 0 Å². The van der Waals surface area contributed by atoms with E-state index in [9.17, 15) is 8.42 Å². The smallest absolute Gasteiger partial charge is 0.207 e. The highest BCUT2D eigenvalue weighted by Gasteiger charge is 2.31. The first-order chi connectivity index (χ1) is 9.03. The van der Waals surface area contributed by atoms with Crippen LogP contribution in [0.4, 0.5) is 0 Å². The van der Waals surface area contributed by atoms with Gasteiger partial charge in [-0.2, -0.15) is 11.8 Å². The van der Waals surface area contributed by atoms with Gasteiger partial charge in [0.05, 0.1) is 4.90 Å². The molecule has 3 nitrogen and oxygen atoms in total. The number of hydrogen-bond donors (Lipinski definition) is 1. The second kappa shape index (κ2) is 6.61. The molecule has 1 aromatic rings. The van der Waals surface area contributed by atoms with Crippen LogP contribution < -0.4 is 4.72 Å². The van der Waals surface area contributed by atoms with Crippen molar-refractivity contribution in [2.75, 3.05) is 5.75 Å². The van der Waals surface area contributed by atoms with E-state index in [0.717, 1.165) is 29.5 Å². The number of halogens is 1. The highest BCUT2D eigenvalue weighted by molar-refractivity contribution is 9.10. The zero-order chi connectivity index (χ0) is 13.9. The molecule has 1 saturated carbocycles. The van der Waals surface area contributed by atoms with Crippen molar-refractivity contribution in [1.82, 2.24) is 4.72 Å². The third-order valence-electron chi connectivity index (χ3n) is 3.25. The first kappa shape index (κ1) is 15.4. The van der Waals surface area contributed by atoms with Crippen molar-refractivity contribution in [2.45, 2.75) is 42.4 Å². The lowest BCUT2D eigenvalue weighted by molar-refractivity contribution is 0.555. The third kappa shape index (κ3) is 3.97. The van der Waals surface area contributed by atoms with E-state index >= 15 is 0 Å². The van der Waals surface area contributed by atoms with E-state index in [1.54, 1.807) is 18.2 Å². The molecule has 1 aromatic carbocycles. The van der Waals surface area contributed by atoms with Gasteiger partial charge < -0.3 is 0 Å². The van der Waals surface area contributed by atoms with Gasteiger partial charge in [-0.15, -0.1) is 0 Å². The number of hydrogen-bond acceptors (Lipinski definition) is 3. The number of thioether (sulfide) groups is 1. The Morgan fingerprint density at radius 1 is 1.42 bits per heavy atom. The highest BCUT2D eigenvalue weighted by atomic mass is 79.9. The standard InChI is InChI=1S/C13H18BrNO2S2/c1-2-18-13-8-4-7-12(13)15-19(16,17)11-6-3-5-10(14)9-11/h3,5-6,9,12-13,15H,2,4,7-8H2,1H3. The Morgan fingerprint density at radius 2 is 2.21 bits per heavy atom. The van der Waals surface area contributed by atoms with Gasteiger partial charge in [0, 0.05) is 15.8 Å². The average Bonchev–Trinajstić information content (AvgIpc) is 2.76. The second-order valence-electron chi connectivity index (χ2n) is 4.61. The van der Waals surface area contributed by atoms with E-state index in [1.165, 1.54) is 0 Å². The molecule has 0 amide bonds. The Hall–Kier alpha value is -0.0400. The molecule has 0 saturated heterocycles. The molecule has 1 N–H and O–H groups in total. The molecule has 0 aromatic heterocycles. The van der Waals surface area contributed by atoms with Crippen LogP contribution in [-0.4, -0.2) is 25.5 Å². The number of benzene rings is 1. The van der Waals surface area contributed by atoms with Crippen LogP contribution in [0.25, 0.3) is 0 Å². The Labute approximate surface area is 127 Å². The fourth-order valence-electron chi connectivity index (χ4n) is 2.38. The average molecular weight is 364 g/mol. The van der Waals surface area contributed by atoms with Gasteiger partial charge in [0.25, 0.3) is 0 Å². The summed E-state index contributed by atoms with van der Waals surface area (Å²) in [6.45, 7) is 2.11. The quantitative estimate of drug-likeness (QED) is 0.871. The maximum absolute atomic E-state index is 12.3. The van der Waals surface area contributed by atoms with Gasteiger partial charge in [0.15, 0.2) is 0 Å².